The molecular formula is C28H35NO7. The zero-order valence-electron chi connectivity index (χ0n) is 21.2. The molecule has 2 aliphatic heterocycles. The van der Waals surface area contributed by atoms with Gasteiger partial charge in [0, 0.05) is 29.1 Å². The molecule has 0 bridgehead atoms. The number of hydrogen-bond donors (Lipinski definition) is 3. The van der Waals surface area contributed by atoms with Crippen molar-refractivity contribution in [1.82, 2.24) is 5.32 Å². The maximum atomic E-state index is 11.6. The molecule has 1 aliphatic carbocycles. The Labute approximate surface area is 211 Å². The van der Waals surface area contributed by atoms with Crippen LogP contribution in [0.2, 0.25) is 0 Å². The van der Waals surface area contributed by atoms with Crippen LogP contribution in [0.3, 0.4) is 0 Å². The van der Waals surface area contributed by atoms with Gasteiger partial charge in [-0.15, -0.1) is 0 Å². The summed E-state index contributed by atoms with van der Waals surface area (Å²) in [5.41, 5.74) is 1.84. The second-order valence-corrected chi connectivity index (χ2v) is 10.9. The monoisotopic (exact) mass is 497 g/mol. The molecule has 8 heteroatoms. The molecule has 0 aromatic heterocycles. The molecule has 3 N–H and O–H groups in total. The average molecular weight is 498 g/mol. The van der Waals surface area contributed by atoms with E-state index in [9.17, 15) is 15.0 Å². The van der Waals surface area contributed by atoms with Gasteiger partial charge in [-0.1, -0.05) is 24.3 Å². The molecule has 2 heterocycles. The first-order valence-corrected chi connectivity index (χ1v) is 12.6. The van der Waals surface area contributed by atoms with Crippen LogP contribution in [-0.2, 0) is 16.0 Å². The zero-order valence-corrected chi connectivity index (χ0v) is 21.2. The molecule has 0 amide bonds. The number of fused-ring (bicyclic) bond motifs is 4. The van der Waals surface area contributed by atoms with Crippen LogP contribution < -0.4 is 19.5 Å². The zero-order chi connectivity index (χ0) is 25.7. The van der Waals surface area contributed by atoms with Gasteiger partial charge in [-0.3, -0.25) is 4.79 Å². The minimum absolute atomic E-state index is 0.122. The molecule has 2 aromatic carbocycles. The number of rotatable bonds is 10. The average Bonchev–Trinajstić information content (AvgIpc) is 3.24. The standard InChI is InChI=1S/C28H35NO7/c1-16(19-6-5-7-20-23-25(36-24(19)20)28(23,4)26(31)32)35-15-18(30)14-29-27(2,3)13-17-8-9-21-22(12-17)34-11-10-33-21/h5-9,12,16,18,23,25,29-30H,10-11,13-15H2,1-4H3,(H,31,32)/t16-,18-,23-,25?,28+/m1/s1. The van der Waals surface area contributed by atoms with E-state index in [1.807, 2.05) is 43.3 Å². The summed E-state index contributed by atoms with van der Waals surface area (Å²) in [6, 6.07) is 11.8. The summed E-state index contributed by atoms with van der Waals surface area (Å²) in [5.74, 6) is 1.33. The number of aliphatic hydroxyl groups is 1. The van der Waals surface area contributed by atoms with Gasteiger partial charge in [0.15, 0.2) is 11.5 Å². The fraction of sp³-hybridized carbons (Fsp3) is 0.536. The number of carboxylic acid groups (broad SMARTS) is 1. The molecule has 3 aliphatic rings. The van der Waals surface area contributed by atoms with Gasteiger partial charge >= 0.3 is 5.97 Å². The predicted octanol–water partition coefficient (Wildman–Crippen LogP) is 3.46. The van der Waals surface area contributed by atoms with E-state index in [1.54, 1.807) is 6.92 Å². The molecule has 36 heavy (non-hydrogen) atoms. The summed E-state index contributed by atoms with van der Waals surface area (Å²) in [7, 11) is 0. The van der Waals surface area contributed by atoms with Crippen molar-refractivity contribution in [3.05, 3.63) is 53.1 Å². The third kappa shape index (κ3) is 4.53. The lowest BCUT2D eigenvalue weighted by Gasteiger charge is -2.29. The smallest absolute Gasteiger partial charge is 0.313 e. The van der Waals surface area contributed by atoms with Crippen molar-refractivity contribution < 1.29 is 34.0 Å². The van der Waals surface area contributed by atoms with E-state index in [0.717, 1.165) is 40.4 Å². The Morgan fingerprint density at radius 3 is 2.72 bits per heavy atom. The highest BCUT2D eigenvalue weighted by atomic mass is 16.6. The van der Waals surface area contributed by atoms with Crippen LogP contribution in [0.5, 0.6) is 17.2 Å². The van der Waals surface area contributed by atoms with Gasteiger partial charge in [0.25, 0.3) is 0 Å². The number of hydrogen-bond acceptors (Lipinski definition) is 7. The molecule has 1 fully saturated rings. The van der Waals surface area contributed by atoms with Crippen LogP contribution in [0.15, 0.2) is 36.4 Å². The highest BCUT2D eigenvalue weighted by Gasteiger charge is 2.73. The second kappa shape index (κ2) is 9.25. The number of β-amino-alcohol motifs (C(OH)–C–C–N with tert-alkyl or cyclic N) is 1. The van der Waals surface area contributed by atoms with Crippen LogP contribution >= 0.6 is 0 Å². The van der Waals surface area contributed by atoms with Gasteiger partial charge in [-0.05, 0) is 51.8 Å². The van der Waals surface area contributed by atoms with E-state index in [0.29, 0.717) is 19.8 Å². The summed E-state index contributed by atoms with van der Waals surface area (Å²) >= 11 is 0. The third-order valence-electron chi connectivity index (χ3n) is 7.59. The maximum absolute atomic E-state index is 11.6. The van der Waals surface area contributed by atoms with Crippen molar-refractivity contribution in [2.75, 3.05) is 26.4 Å². The Balaban J connectivity index is 1.12. The van der Waals surface area contributed by atoms with Crippen molar-refractivity contribution in [2.24, 2.45) is 5.41 Å². The lowest BCUT2D eigenvalue weighted by Crippen LogP contribution is -2.46. The van der Waals surface area contributed by atoms with Crippen molar-refractivity contribution in [2.45, 2.75) is 63.9 Å². The van der Waals surface area contributed by atoms with E-state index >= 15 is 0 Å². The summed E-state index contributed by atoms with van der Waals surface area (Å²) in [6.45, 7) is 9.53. The Hall–Kier alpha value is -2.81. The number of benzene rings is 2. The van der Waals surface area contributed by atoms with Gasteiger partial charge in [0.1, 0.15) is 30.5 Å². The molecule has 1 saturated carbocycles. The summed E-state index contributed by atoms with van der Waals surface area (Å²) in [5, 5.41) is 23.6. The van der Waals surface area contributed by atoms with Crippen LogP contribution in [0, 0.1) is 5.41 Å². The molecule has 0 radical (unpaired) electrons. The molecule has 5 rings (SSSR count). The van der Waals surface area contributed by atoms with Crippen molar-refractivity contribution >= 4 is 5.97 Å². The molecule has 1 unspecified atom stereocenters. The maximum Gasteiger partial charge on any atom is 0.313 e. The van der Waals surface area contributed by atoms with Crippen LogP contribution in [0.1, 0.15) is 56.4 Å². The topological polar surface area (TPSA) is 106 Å². The number of nitrogens with one attached hydrogen (secondary N) is 1. The minimum Gasteiger partial charge on any atom is -0.488 e. The van der Waals surface area contributed by atoms with Gasteiger partial charge in [-0.2, -0.15) is 0 Å². The quantitative estimate of drug-likeness (QED) is 0.458. The van der Waals surface area contributed by atoms with E-state index < -0.39 is 17.5 Å². The molecule has 2 aromatic rings. The summed E-state index contributed by atoms with van der Waals surface area (Å²) in [4.78, 5) is 11.6. The molecular weight excluding hydrogens is 462 g/mol. The SMILES string of the molecule is C[C@@H](OC[C@H](O)CNC(C)(C)Cc1ccc2c(c1)OCCO2)c1cccc2c1OC1[C@@H]2[C@]1(C)C(=O)O. The van der Waals surface area contributed by atoms with E-state index in [-0.39, 0.29) is 30.3 Å². The Morgan fingerprint density at radius 1 is 1.22 bits per heavy atom. The van der Waals surface area contributed by atoms with Crippen LogP contribution in [0.4, 0.5) is 0 Å². The van der Waals surface area contributed by atoms with Gasteiger partial charge < -0.3 is 34.5 Å². The third-order valence-corrected chi connectivity index (χ3v) is 7.59. The number of para-hydroxylation sites is 1. The highest BCUT2D eigenvalue weighted by molar-refractivity contribution is 5.84. The lowest BCUT2D eigenvalue weighted by atomic mass is 9.94. The summed E-state index contributed by atoms with van der Waals surface area (Å²) in [6.07, 6.45) is -0.550. The van der Waals surface area contributed by atoms with Crippen LogP contribution in [0.25, 0.3) is 0 Å². The number of aliphatic carboxylic acids is 1. The first kappa shape index (κ1) is 24.9. The van der Waals surface area contributed by atoms with E-state index in [4.69, 9.17) is 18.9 Å². The Morgan fingerprint density at radius 2 is 1.97 bits per heavy atom. The van der Waals surface area contributed by atoms with Crippen molar-refractivity contribution in [1.29, 1.82) is 0 Å². The predicted molar refractivity (Wildman–Crippen MR) is 133 cm³/mol. The first-order valence-electron chi connectivity index (χ1n) is 12.6. The number of carbonyl (C=O) groups is 1. The molecule has 8 nitrogen and oxygen atoms in total. The minimum atomic E-state index is -0.857. The first-order chi connectivity index (χ1) is 17.1. The summed E-state index contributed by atoms with van der Waals surface area (Å²) < 4.78 is 23.3. The van der Waals surface area contributed by atoms with Gasteiger partial charge in [-0.25, -0.2) is 0 Å². The van der Waals surface area contributed by atoms with Crippen molar-refractivity contribution in [3.63, 3.8) is 0 Å². The normalized spacial score (nSPS) is 25.4. The fourth-order valence-corrected chi connectivity index (χ4v) is 5.38. The Kier molecular flexibility index (Phi) is 6.39. The second-order valence-electron chi connectivity index (χ2n) is 10.9. The van der Waals surface area contributed by atoms with Crippen LogP contribution in [-0.4, -0.2) is 60.3 Å². The Bertz CT molecular complexity index is 1150. The van der Waals surface area contributed by atoms with Gasteiger partial charge in [0.05, 0.1) is 18.8 Å². The van der Waals surface area contributed by atoms with E-state index in [1.165, 1.54) is 0 Å². The molecule has 0 saturated heterocycles. The highest BCUT2D eigenvalue weighted by Crippen LogP contribution is 2.67. The lowest BCUT2D eigenvalue weighted by molar-refractivity contribution is -0.144. The molecule has 194 valence electrons. The van der Waals surface area contributed by atoms with Gasteiger partial charge in [0.2, 0.25) is 0 Å². The number of aliphatic hydroxyl groups excluding tert-OH is 1. The molecule has 5 atom stereocenters. The van der Waals surface area contributed by atoms with Crippen molar-refractivity contribution in [3.8, 4) is 17.2 Å². The fourth-order valence-electron chi connectivity index (χ4n) is 5.38. The largest absolute Gasteiger partial charge is 0.488 e. The number of ether oxygens (including phenoxy) is 4. The molecule has 0 spiro atoms. The number of carboxylic acids is 1. The van der Waals surface area contributed by atoms with E-state index in [2.05, 4.69) is 19.2 Å².